The molecule has 0 bridgehead atoms. The predicted molar refractivity (Wildman–Crippen MR) is 71.1 cm³/mol. The van der Waals surface area contributed by atoms with E-state index in [0.29, 0.717) is 12.6 Å². The number of piperazine rings is 1. The van der Waals surface area contributed by atoms with Gasteiger partial charge in [-0.25, -0.2) is 0 Å². The fraction of sp³-hybridized carbons (Fsp3) is 0.923. The van der Waals surface area contributed by atoms with E-state index in [0.717, 1.165) is 32.6 Å². The molecule has 0 spiro atoms. The zero-order valence-corrected chi connectivity index (χ0v) is 11.5. The molecule has 0 radical (unpaired) electrons. The average Bonchev–Trinajstić information content (AvgIpc) is 2.36. The lowest BCUT2D eigenvalue weighted by Gasteiger charge is -2.32. The maximum absolute atomic E-state index is 12.1. The highest BCUT2D eigenvalue weighted by Gasteiger charge is 2.20. The average molecular weight is 241 g/mol. The van der Waals surface area contributed by atoms with Crippen LogP contribution in [0.4, 0.5) is 0 Å². The van der Waals surface area contributed by atoms with Crippen molar-refractivity contribution in [2.24, 2.45) is 0 Å². The quantitative estimate of drug-likeness (QED) is 0.751. The summed E-state index contributed by atoms with van der Waals surface area (Å²) < 4.78 is 0. The summed E-state index contributed by atoms with van der Waals surface area (Å²) in [6, 6.07) is 0.548. The molecule has 0 saturated carbocycles. The number of hydrogen-bond acceptors (Lipinski definition) is 3. The van der Waals surface area contributed by atoms with Crippen molar-refractivity contribution >= 4 is 5.91 Å². The first-order valence-corrected chi connectivity index (χ1v) is 6.87. The monoisotopic (exact) mass is 241 g/mol. The Hall–Kier alpha value is -0.610. The van der Waals surface area contributed by atoms with Crippen LogP contribution in [0.1, 0.15) is 33.1 Å². The molecule has 1 atom stereocenters. The molecule has 1 rings (SSSR count). The second-order valence-corrected chi connectivity index (χ2v) is 4.90. The number of nitrogens with zero attached hydrogens (tertiary/aromatic N) is 2. The highest BCUT2D eigenvalue weighted by Crippen LogP contribution is 2.09. The standard InChI is InChI=1S/C13H27N3O/c1-4-6-12(5-2)15(3)11-13(17)16-9-7-14-8-10-16/h12,14H,4-11H2,1-3H3. The van der Waals surface area contributed by atoms with Gasteiger partial charge >= 0.3 is 0 Å². The third-order valence-corrected chi connectivity index (χ3v) is 3.57. The molecule has 4 heteroatoms. The molecule has 0 aromatic rings. The van der Waals surface area contributed by atoms with Crippen molar-refractivity contribution in [1.82, 2.24) is 15.1 Å². The Labute approximate surface area is 105 Å². The van der Waals surface area contributed by atoms with E-state index in [-0.39, 0.29) is 5.91 Å². The Morgan fingerprint density at radius 2 is 2.00 bits per heavy atom. The second kappa shape index (κ2) is 7.67. The van der Waals surface area contributed by atoms with Crippen LogP contribution < -0.4 is 5.32 Å². The van der Waals surface area contributed by atoms with Gasteiger partial charge in [0.05, 0.1) is 6.54 Å². The van der Waals surface area contributed by atoms with Gasteiger partial charge in [0.2, 0.25) is 5.91 Å². The van der Waals surface area contributed by atoms with Crippen molar-refractivity contribution in [3.63, 3.8) is 0 Å². The van der Waals surface area contributed by atoms with Crippen LogP contribution in [0.25, 0.3) is 0 Å². The van der Waals surface area contributed by atoms with Gasteiger partial charge in [-0.3, -0.25) is 9.69 Å². The van der Waals surface area contributed by atoms with Gasteiger partial charge in [-0.15, -0.1) is 0 Å². The number of nitrogens with one attached hydrogen (secondary N) is 1. The zero-order valence-electron chi connectivity index (χ0n) is 11.5. The minimum atomic E-state index is 0.281. The highest BCUT2D eigenvalue weighted by atomic mass is 16.2. The number of carbonyl (C=O) groups is 1. The van der Waals surface area contributed by atoms with Crippen LogP contribution in [-0.4, -0.2) is 61.5 Å². The Balaban J connectivity index is 2.37. The molecule has 1 N–H and O–H groups in total. The SMILES string of the molecule is CCCC(CC)N(C)CC(=O)N1CCNCC1. The molecule has 0 aromatic heterocycles. The first kappa shape index (κ1) is 14.5. The molecule has 1 fully saturated rings. The largest absolute Gasteiger partial charge is 0.339 e. The fourth-order valence-electron chi connectivity index (χ4n) is 2.43. The van der Waals surface area contributed by atoms with Crippen molar-refractivity contribution < 1.29 is 4.79 Å². The van der Waals surface area contributed by atoms with E-state index in [9.17, 15) is 4.79 Å². The number of hydrogen-bond donors (Lipinski definition) is 1. The summed E-state index contributed by atoms with van der Waals surface area (Å²) in [5.74, 6) is 0.281. The lowest BCUT2D eigenvalue weighted by molar-refractivity contribution is -0.133. The van der Waals surface area contributed by atoms with E-state index in [1.54, 1.807) is 0 Å². The second-order valence-electron chi connectivity index (χ2n) is 4.90. The normalized spacial score (nSPS) is 18.5. The predicted octanol–water partition coefficient (Wildman–Crippen LogP) is 0.929. The van der Waals surface area contributed by atoms with E-state index < -0.39 is 0 Å². The molecule has 100 valence electrons. The van der Waals surface area contributed by atoms with Gasteiger partial charge in [-0.1, -0.05) is 20.3 Å². The van der Waals surface area contributed by atoms with Crippen molar-refractivity contribution in [2.45, 2.75) is 39.2 Å². The van der Waals surface area contributed by atoms with Crippen molar-refractivity contribution in [3.8, 4) is 0 Å². The van der Waals surface area contributed by atoms with E-state index in [4.69, 9.17) is 0 Å². The highest BCUT2D eigenvalue weighted by molar-refractivity contribution is 5.78. The molecule has 17 heavy (non-hydrogen) atoms. The van der Waals surface area contributed by atoms with E-state index in [1.807, 2.05) is 4.90 Å². The van der Waals surface area contributed by atoms with E-state index in [1.165, 1.54) is 12.8 Å². The number of likely N-dealkylation sites (N-methyl/N-ethyl adjacent to an activating group) is 1. The minimum absolute atomic E-state index is 0.281. The molecule has 1 heterocycles. The summed E-state index contributed by atoms with van der Waals surface area (Å²) in [7, 11) is 2.07. The molecule has 4 nitrogen and oxygen atoms in total. The zero-order chi connectivity index (χ0) is 12.7. The lowest BCUT2D eigenvalue weighted by Crippen LogP contribution is -2.50. The van der Waals surface area contributed by atoms with Gasteiger partial charge < -0.3 is 10.2 Å². The third kappa shape index (κ3) is 4.64. The lowest BCUT2D eigenvalue weighted by atomic mass is 10.1. The summed E-state index contributed by atoms with van der Waals surface area (Å²) in [5.41, 5.74) is 0. The van der Waals surface area contributed by atoms with Crippen LogP contribution in [0, 0.1) is 0 Å². The van der Waals surface area contributed by atoms with Gasteiger partial charge in [-0.05, 0) is 19.9 Å². The Kier molecular flexibility index (Phi) is 6.52. The van der Waals surface area contributed by atoms with Gasteiger partial charge in [-0.2, -0.15) is 0 Å². The van der Waals surface area contributed by atoms with Gasteiger partial charge in [0.25, 0.3) is 0 Å². The van der Waals surface area contributed by atoms with E-state index >= 15 is 0 Å². The van der Waals surface area contributed by atoms with Gasteiger partial charge in [0, 0.05) is 32.2 Å². The first-order chi connectivity index (χ1) is 8.19. The summed E-state index contributed by atoms with van der Waals surface area (Å²) in [5, 5.41) is 3.27. The smallest absolute Gasteiger partial charge is 0.236 e. The van der Waals surface area contributed by atoms with Crippen LogP contribution >= 0.6 is 0 Å². The molecule has 1 aliphatic heterocycles. The maximum atomic E-state index is 12.1. The van der Waals surface area contributed by atoms with E-state index in [2.05, 4.69) is 31.1 Å². The fourth-order valence-corrected chi connectivity index (χ4v) is 2.43. The minimum Gasteiger partial charge on any atom is -0.339 e. The number of amides is 1. The van der Waals surface area contributed by atoms with Crippen LogP contribution in [0.2, 0.25) is 0 Å². The molecule has 1 unspecified atom stereocenters. The summed E-state index contributed by atoms with van der Waals surface area (Å²) in [6.45, 7) is 8.55. The van der Waals surface area contributed by atoms with Crippen molar-refractivity contribution in [2.75, 3.05) is 39.8 Å². The first-order valence-electron chi connectivity index (χ1n) is 6.87. The number of rotatable bonds is 6. The van der Waals surface area contributed by atoms with Crippen molar-refractivity contribution in [3.05, 3.63) is 0 Å². The maximum Gasteiger partial charge on any atom is 0.236 e. The summed E-state index contributed by atoms with van der Waals surface area (Å²) in [4.78, 5) is 16.3. The molecule has 0 aromatic carbocycles. The van der Waals surface area contributed by atoms with Crippen LogP contribution in [0.15, 0.2) is 0 Å². The summed E-state index contributed by atoms with van der Waals surface area (Å²) in [6.07, 6.45) is 3.49. The topological polar surface area (TPSA) is 35.6 Å². The summed E-state index contributed by atoms with van der Waals surface area (Å²) >= 11 is 0. The molecule has 1 saturated heterocycles. The van der Waals surface area contributed by atoms with Crippen LogP contribution in [-0.2, 0) is 4.79 Å². The Morgan fingerprint density at radius 3 is 2.53 bits per heavy atom. The van der Waals surface area contributed by atoms with Gasteiger partial charge in [0.15, 0.2) is 0 Å². The molecular weight excluding hydrogens is 214 g/mol. The number of carbonyl (C=O) groups excluding carboxylic acids is 1. The molecule has 0 aliphatic carbocycles. The molecule has 1 aliphatic rings. The molecular formula is C13H27N3O. The Bertz CT molecular complexity index is 227. The van der Waals surface area contributed by atoms with Crippen LogP contribution in [0.3, 0.4) is 0 Å². The van der Waals surface area contributed by atoms with Crippen LogP contribution in [0.5, 0.6) is 0 Å². The Morgan fingerprint density at radius 1 is 1.35 bits per heavy atom. The van der Waals surface area contributed by atoms with Gasteiger partial charge in [0.1, 0.15) is 0 Å². The van der Waals surface area contributed by atoms with Crippen molar-refractivity contribution in [1.29, 1.82) is 0 Å². The molecule has 1 amide bonds. The third-order valence-electron chi connectivity index (χ3n) is 3.57.